The fourth-order valence-corrected chi connectivity index (χ4v) is 2.83. The quantitative estimate of drug-likeness (QED) is 0.900. The van der Waals surface area contributed by atoms with Crippen LogP contribution < -0.4 is 5.32 Å². The lowest BCUT2D eigenvalue weighted by Gasteiger charge is -2.10. The second-order valence-corrected chi connectivity index (χ2v) is 6.24. The van der Waals surface area contributed by atoms with Crippen molar-refractivity contribution in [3.63, 3.8) is 0 Å². The molecule has 1 aromatic heterocycles. The van der Waals surface area contributed by atoms with Crippen molar-refractivity contribution in [1.29, 1.82) is 0 Å². The molecule has 2 aliphatic rings. The Balaban J connectivity index is 1.67. The molecule has 0 atom stereocenters. The number of hydrogen-bond donors (Lipinski definition) is 1. The second-order valence-electron chi connectivity index (χ2n) is 6.24. The summed E-state index contributed by atoms with van der Waals surface area (Å²) in [4.78, 5) is 0. The van der Waals surface area contributed by atoms with Crippen molar-refractivity contribution < 1.29 is 0 Å². The van der Waals surface area contributed by atoms with E-state index < -0.39 is 0 Å². The molecule has 1 N–H and O–H groups in total. The summed E-state index contributed by atoms with van der Waals surface area (Å²) < 4.78 is 2.16. The van der Waals surface area contributed by atoms with Crippen LogP contribution in [-0.4, -0.2) is 15.8 Å². The van der Waals surface area contributed by atoms with Gasteiger partial charge in [-0.3, -0.25) is 0 Å². The molecular formula is C17H21N3. The minimum absolute atomic E-state index is 0.717. The lowest BCUT2D eigenvalue weighted by Crippen LogP contribution is -2.16. The molecule has 0 unspecified atom stereocenters. The summed E-state index contributed by atoms with van der Waals surface area (Å²) in [5.41, 5.74) is 5.31. The highest BCUT2D eigenvalue weighted by atomic mass is 15.3. The van der Waals surface area contributed by atoms with Gasteiger partial charge in [-0.15, -0.1) is 0 Å². The topological polar surface area (TPSA) is 29.9 Å². The zero-order valence-electron chi connectivity index (χ0n) is 12.0. The standard InChI is InChI=1S/C17H21N3/c1-12-3-2-4-16(9-12)20-17(13-5-6-13)14(11-19-20)10-18-15-7-8-15/h2-4,9,11,13,15,18H,5-8,10H2,1H3. The van der Waals surface area contributed by atoms with E-state index in [2.05, 4.69) is 52.5 Å². The third kappa shape index (κ3) is 2.38. The smallest absolute Gasteiger partial charge is 0.0651 e. The summed E-state index contributed by atoms with van der Waals surface area (Å²) in [6.45, 7) is 3.11. The van der Waals surface area contributed by atoms with Crippen LogP contribution in [0.25, 0.3) is 5.69 Å². The Hall–Kier alpha value is -1.61. The number of benzene rings is 1. The number of hydrogen-bond acceptors (Lipinski definition) is 2. The lowest BCUT2D eigenvalue weighted by atomic mass is 10.1. The van der Waals surface area contributed by atoms with E-state index >= 15 is 0 Å². The predicted molar refractivity (Wildman–Crippen MR) is 80.1 cm³/mol. The van der Waals surface area contributed by atoms with Crippen LogP contribution in [0.2, 0.25) is 0 Å². The Kier molecular flexibility index (Phi) is 2.88. The van der Waals surface area contributed by atoms with E-state index in [0.717, 1.165) is 12.6 Å². The molecule has 3 heteroatoms. The Morgan fingerprint density at radius 1 is 1.25 bits per heavy atom. The zero-order valence-corrected chi connectivity index (χ0v) is 12.0. The molecule has 2 fully saturated rings. The molecule has 0 amide bonds. The summed E-state index contributed by atoms with van der Waals surface area (Å²) in [5.74, 6) is 0.717. The minimum atomic E-state index is 0.717. The Labute approximate surface area is 120 Å². The molecule has 0 saturated heterocycles. The molecule has 2 aromatic rings. The summed E-state index contributed by atoms with van der Waals surface area (Å²) >= 11 is 0. The average molecular weight is 267 g/mol. The summed E-state index contributed by atoms with van der Waals surface area (Å²) in [6.07, 6.45) is 7.36. The van der Waals surface area contributed by atoms with Gasteiger partial charge in [0, 0.05) is 24.1 Å². The van der Waals surface area contributed by atoms with Gasteiger partial charge in [0.15, 0.2) is 0 Å². The fourth-order valence-electron chi connectivity index (χ4n) is 2.83. The molecule has 1 heterocycles. The molecule has 0 bridgehead atoms. The van der Waals surface area contributed by atoms with Crippen molar-refractivity contribution in [2.24, 2.45) is 0 Å². The van der Waals surface area contributed by atoms with Crippen LogP contribution >= 0.6 is 0 Å². The predicted octanol–water partition coefficient (Wildman–Crippen LogP) is 3.31. The largest absolute Gasteiger partial charge is 0.310 e. The third-order valence-electron chi connectivity index (χ3n) is 4.26. The maximum atomic E-state index is 4.66. The number of nitrogens with one attached hydrogen (secondary N) is 1. The van der Waals surface area contributed by atoms with Crippen molar-refractivity contribution in [3.8, 4) is 5.69 Å². The van der Waals surface area contributed by atoms with Crippen molar-refractivity contribution >= 4 is 0 Å². The van der Waals surface area contributed by atoms with Crippen LogP contribution in [0.5, 0.6) is 0 Å². The van der Waals surface area contributed by atoms with E-state index in [9.17, 15) is 0 Å². The molecule has 2 aliphatic carbocycles. The van der Waals surface area contributed by atoms with Gasteiger partial charge < -0.3 is 5.32 Å². The average Bonchev–Trinajstić information content (AvgIpc) is 3.36. The van der Waals surface area contributed by atoms with Gasteiger partial charge in [-0.25, -0.2) is 4.68 Å². The van der Waals surface area contributed by atoms with E-state index in [1.807, 2.05) is 0 Å². The highest BCUT2D eigenvalue weighted by Gasteiger charge is 2.31. The minimum Gasteiger partial charge on any atom is -0.310 e. The summed E-state index contributed by atoms with van der Waals surface area (Å²) in [7, 11) is 0. The van der Waals surface area contributed by atoms with Crippen LogP contribution in [0.15, 0.2) is 30.5 Å². The van der Waals surface area contributed by atoms with Gasteiger partial charge >= 0.3 is 0 Å². The number of rotatable bonds is 5. The monoisotopic (exact) mass is 267 g/mol. The number of aryl methyl sites for hydroxylation is 1. The molecule has 0 radical (unpaired) electrons. The van der Waals surface area contributed by atoms with Crippen molar-refractivity contribution in [2.45, 2.75) is 51.1 Å². The van der Waals surface area contributed by atoms with Crippen LogP contribution in [0.4, 0.5) is 0 Å². The maximum absolute atomic E-state index is 4.66. The summed E-state index contributed by atoms with van der Waals surface area (Å²) in [6, 6.07) is 9.38. The first-order valence-electron chi connectivity index (χ1n) is 7.68. The molecule has 104 valence electrons. The zero-order chi connectivity index (χ0) is 13.5. The van der Waals surface area contributed by atoms with Gasteiger partial charge in [-0.1, -0.05) is 12.1 Å². The Bertz CT molecular complexity index is 621. The third-order valence-corrected chi connectivity index (χ3v) is 4.26. The van der Waals surface area contributed by atoms with Crippen LogP contribution in [0.1, 0.15) is 48.4 Å². The Morgan fingerprint density at radius 3 is 2.80 bits per heavy atom. The first kappa shape index (κ1) is 12.2. The van der Waals surface area contributed by atoms with Crippen molar-refractivity contribution in [2.75, 3.05) is 0 Å². The molecule has 0 spiro atoms. The van der Waals surface area contributed by atoms with Gasteiger partial charge in [0.05, 0.1) is 17.6 Å². The highest BCUT2D eigenvalue weighted by Crippen LogP contribution is 2.42. The first-order chi connectivity index (χ1) is 9.81. The molecule has 20 heavy (non-hydrogen) atoms. The highest BCUT2D eigenvalue weighted by molar-refractivity contribution is 5.40. The molecule has 1 aromatic carbocycles. The van der Waals surface area contributed by atoms with Crippen molar-refractivity contribution in [3.05, 3.63) is 47.3 Å². The van der Waals surface area contributed by atoms with E-state index in [4.69, 9.17) is 0 Å². The normalized spacial score (nSPS) is 18.4. The van der Waals surface area contributed by atoms with Crippen LogP contribution in [0, 0.1) is 6.92 Å². The van der Waals surface area contributed by atoms with Gasteiger partial charge in [-0.2, -0.15) is 5.10 Å². The van der Waals surface area contributed by atoms with E-state index in [1.54, 1.807) is 0 Å². The molecule has 0 aliphatic heterocycles. The maximum Gasteiger partial charge on any atom is 0.0651 e. The van der Waals surface area contributed by atoms with E-state index in [-0.39, 0.29) is 0 Å². The number of aromatic nitrogens is 2. The Morgan fingerprint density at radius 2 is 2.10 bits per heavy atom. The van der Waals surface area contributed by atoms with E-state index in [0.29, 0.717) is 5.92 Å². The van der Waals surface area contributed by atoms with Gasteiger partial charge in [0.1, 0.15) is 0 Å². The number of nitrogens with zero attached hydrogens (tertiary/aromatic N) is 2. The van der Waals surface area contributed by atoms with Crippen molar-refractivity contribution in [1.82, 2.24) is 15.1 Å². The van der Waals surface area contributed by atoms with Crippen LogP contribution in [-0.2, 0) is 6.54 Å². The van der Waals surface area contributed by atoms with Gasteiger partial charge in [0.2, 0.25) is 0 Å². The molecule has 3 nitrogen and oxygen atoms in total. The summed E-state index contributed by atoms with van der Waals surface area (Å²) in [5, 5.41) is 8.28. The second kappa shape index (κ2) is 4.74. The lowest BCUT2D eigenvalue weighted by molar-refractivity contribution is 0.679. The molecule has 4 rings (SSSR count). The van der Waals surface area contributed by atoms with Crippen LogP contribution in [0.3, 0.4) is 0 Å². The van der Waals surface area contributed by atoms with E-state index in [1.165, 1.54) is 48.2 Å². The first-order valence-corrected chi connectivity index (χ1v) is 7.68. The van der Waals surface area contributed by atoms with Gasteiger partial charge in [-0.05, 0) is 50.3 Å². The van der Waals surface area contributed by atoms with Gasteiger partial charge in [0.25, 0.3) is 0 Å². The molecule has 2 saturated carbocycles. The molecular weight excluding hydrogens is 246 g/mol. The SMILES string of the molecule is Cc1cccc(-n2ncc(CNC3CC3)c2C2CC2)c1. The fraction of sp³-hybridized carbons (Fsp3) is 0.471.